The minimum atomic E-state index is -2.93. The molecule has 0 rings (SSSR count). The summed E-state index contributed by atoms with van der Waals surface area (Å²) in [4.78, 5) is 22.0. The molecular weight excluding hydrogens is 269 g/mol. The Labute approximate surface area is 99.7 Å². The van der Waals surface area contributed by atoms with Crippen LogP contribution in [0.25, 0.3) is 0 Å². The van der Waals surface area contributed by atoms with Gasteiger partial charge in [0, 0.05) is 0 Å². The molecule has 16 heavy (non-hydrogen) atoms. The average molecular weight is 289 g/mol. The van der Waals surface area contributed by atoms with Crippen molar-refractivity contribution in [3.8, 4) is 0 Å². The molecule has 0 saturated heterocycles. The van der Waals surface area contributed by atoms with Crippen LogP contribution in [0, 0.1) is 0 Å². The van der Waals surface area contributed by atoms with Crippen LogP contribution in [0.15, 0.2) is 11.0 Å². The summed E-state index contributed by atoms with van der Waals surface area (Å²) in [7, 11) is 0. The first-order valence-electron chi connectivity index (χ1n) is 5.08. The molecule has 0 radical (unpaired) electrons. The van der Waals surface area contributed by atoms with Gasteiger partial charge >= 0.3 is 99.4 Å². The molecule has 5 heteroatoms. The Morgan fingerprint density at radius 3 is 1.88 bits per heavy atom. The Morgan fingerprint density at radius 1 is 1.12 bits per heavy atom. The third-order valence-electron chi connectivity index (χ3n) is 2.25. The zero-order valence-corrected chi connectivity index (χ0v) is 12.9. The second-order valence-corrected chi connectivity index (χ2v) is 12.7. The molecule has 0 aromatic heterocycles. The Morgan fingerprint density at radius 2 is 1.56 bits per heavy atom. The minimum absolute atomic E-state index is 0.315. The predicted molar refractivity (Wildman–Crippen MR) is 64.2 cm³/mol. The van der Waals surface area contributed by atoms with Gasteiger partial charge in [0.2, 0.25) is 0 Å². The van der Waals surface area contributed by atoms with Gasteiger partial charge in [0.25, 0.3) is 0 Å². The summed E-state index contributed by atoms with van der Waals surface area (Å²) in [6, 6.07) is 0. The van der Waals surface area contributed by atoms with Crippen LogP contribution < -0.4 is 0 Å². The predicted octanol–water partition coefficient (Wildman–Crippen LogP) is 2.19. The van der Waals surface area contributed by atoms with Gasteiger partial charge in [0.1, 0.15) is 0 Å². The van der Waals surface area contributed by atoms with Crippen LogP contribution in [0.1, 0.15) is 27.7 Å². The van der Waals surface area contributed by atoms with Crippen LogP contribution in [0.4, 0.5) is 0 Å². The van der Waals surface area contributed by atoms with E-state index < -0.39 is 19.2 Å². The standard InChI is InChI=1S/C11H20GeO4/c1-8(11(4,5)15-9(2)13)12(6,7)16-10(3)14/h1H2,2-7H3. The quantitative estimate of drug-likeness (QED) is 0.588. The Bertz CT molecular complexity index is 288. The van der Waals surface area contributed by atoms with Gasteiger partial charge < -0.3 is 0 Å². The molecule has 0 fully saturated rings. The average Bonchev–Trinajstić information content (AvgIpc) is 1.97. The molecule has 92 valence electrons. The first-order valence-corrected chi connectivity index (χ1v) is 11.2. The third kappa shape index (κ3) is 4.39. The molecule has 0 aliphatic heterocycles. The van der Waals surface area contributed by atoms with Crippen LogP contribution >= 0.6 is 0 Å². The number of rotatable bonds is 4. The van der Waals surface area contributed by atoms with Crippen molar-refractivity contribution in [3.63, 3.8) is 0 Å². The summed E-state index contributed by atoms with van der Waals surface area (Å²) in [6.45, 7) is 10.2. The number of ether oxygens (including phenoxy) is 1. The summed E-state index contributed by atoms with van der Waals surface area (Å²) >= 11 is -2.93. The first-order chi connectivity index (χ1) is 6.99. The van der Waals surface area contributed by atoms with Gasteiger partial charge in [-0.05, 0) is 0 Å². The van der Waals surface area contributed by atoms with Crippen molar-refractivity contribution in [1.29, 1.82) is 0 Å². The SMILES string of the molecule is C=[C](C(C)(C)OC(C)=O)[Ge]([CH3])([CH3])[O]C(C)=O. The van der Waals surface area contributed by atoms with E-state index in [-0.39, 0.29) is 11.9 Å². The molecule has 0 unspecified atom stereocenters. The fourth-order valence-electron chi connectivity index (χ4n) is 1.57. The Hall–Kier alpha value is -0.777. The maximum absolute atomic E-state index is 11.0. The molecule has 0 saturated carbocycles. The number of hydrogen-bond donors (Lipinski definition) is 0. The van der Waals surface area contributed by atoms with Crippen LogP contribution in [0.3, 0.4) is 0 Å². The van der Waals surface area contributed by atoms with Gasteiger partial charge in [-0.2, -0.15) is 0 Å². The van der Waals surface area contributed by atoms with Gasteiger partial charge in [-0.3, -0.25) is 0 Å². The van der Waals surface area contributed by atoms with Gasteiger partial charge in [0.05, 0.1) is 0 Å². The van der Waals surface area contributed by atoms with Crippen LogP contribution in [0.2, 0.25) is 11.5 Å². The van der Waals surface area contributed by atoms with Crippen molar-refractivity contribution < 1.29 is 18.1 Å². The topological polar surface area (TPSA) is 52.6 Å². The molecule has 0 atom stereocenters. The molecule has 4 nitrogen and oxygen atoms in total. The monoisotopic (exact) mass is 290 g/mol. The van der Waals surface area contributed by atoms with E-state index in [0.29, 0.717) is 0 Å². The van der Waals surface area contributed by atoms with Crippen LogP contribution in [-0.4, -0.2) is 31.1 Å². The van der Waals surface area contributed by atoms with Crippen LogP contribution in [-0.2, 0) is 18.1 Å². The molecule has 0 spiro atoms. The second-order valence-electron chi connectivity index (χ2n) is 4.69. The molecule has 0 bridgehead atoms. The van der Waals surface area contributed by atoms with Gasteiger partial charge in [0.15, 0.2) is 0 Å². The Balaban J connectivity index is 4.89. The van der Waals surface area contributed by atoms with E-state index in [1.54, 1.807) is 13.8 Å². The number of hydrogen-bond acceptors (Lipinski definition) is 4. The molecule has 0 aliphatic carbocycles. The van der Waals surface area contributed by atoms with Gasteiger partial charge in [-0.15, -0.1) is 0 Å². The molecule has 0 N–H and O–H groups in total. The zero-order valence-electron chi connectivity index (χ0n) is 10.8. The zero-order chi connectivity index (χ0) is 13.1. The van der Waals surface area contributed by atoms with Crippen molar-refractivity contribution in [2.24, 2.45) is 0 Å². The van der Waals surface area contributed by atoms with Crippen molar-refractivity contribution in [2.45, 2.75) is 44.8 Å². The fraction of sp³-hybridized carbons (Fsp3) is 0.636. The summed E-state index contributed by atoms with van der Waals surface area (Å²) in [5, 5.41) is 0. The molecule has 0 amide bonds. The van der Waals surface area contributed by atoms with E-state index >= 15 is 0 Å². The van der Waals surface area contributed by atoms with E-state index in [4.69, 9.17) is 8.50 Å². The molecule has 0 aromatic carbocycles. The van der Waals surface area contributed by atoms with Crippen molar-refractivity contribution in [3.05, 3.63) is 11.0 Å². The molecule has 0 aromatic rings. The van der Waals surface area contributed by atoms with E-state index in [1.165, 1.54) is 13.8 Å². The molecule has 0 aliphatic rings. The van der Waals surface area contributed by atoms with Crippen molar-refractivity contribution in [1.82, 2.24) is 0 Å². The number of esters is 1. The van der Waals surface area contributed by atoms with Crippen LogP contribution in [0.5, 0.6) is 0 Å². The van der Waals surface area contributed by atoms with E-state index in [0.717, 1.165) is 4.41 Å². The number of carbonyl (C=O) groups is 2. The normalized spacial score (nSPS) is 11.9. The fourth-order valence-corrected chi connectivity index (χ4v) is 6.48. The summed E-state index contributed by atoms with van der Waals surface area (Å²) in [6.07, 6.45) is 0. The van der Waals surface area contributed by atoms with Gasteiger partial charge in [-0.25, -0.2) is 0 Å². The van der Waals surface area contributed by atoms with E-state index in [1.807, 2.05) is 11.5 Å². The third-order valence-corrected chi connectivity index (χ3v) is 8.24. The second kappa shape index (κ2) is 5.04. The summed E-state index contributed by atoms with van der Waals surface area (Å²) in [5.41, 5.74) is -0.787. The summed E-state index contributed by atoms with van der Waals surface area (Å²) in [5.74, 6) is 3.11. The van der Waals surface area contributed by atoms with Gasteiger partial charge in [-0.1, -0.05) is 0 Å². The Kier molecular flexibility index (Phi) is 4.79. The van der Waals surface area contributed by atoms with E-state index in [2.05, 4.69) is 6.58 Å². The van der Waals surface area contributed by atoms with Crippen molar-refractivity contribution in [2.75, 3.05) is 0 Å². The molecular formula is C11H20GeO4. The molecule has 0 heterocycles. The number of carbonyl (C=O) groups excluding carboxylic acids is 2. The van der Waals surface area contributed by atoms with E-state index in [9.17, 15) is 9.59 Å². The van der Waals surface area contributed by atoms with Crippen molar-refractivity contribution >= 4 is 25.5 Å². The summed E-state index contributed by atoms with van der Waals surface area (Å²) < 4.78 is 11.2. The maximum atomic E-state index is 11.0. The first kappa shape index (κ1) is 15.2.